The van der Waals surface area contributed by atoms with E-state index in [0.29, 0.717) is 56.3 Å². The van der Waals surface area contributed by atoms with E-state index in [1.54, 1.807) is 30.6 Å². The van der Waals surface area contributed by atoms with Crippen molar-refractivity contribution >= 4 is 27.3 Å². The van der Waals surface area contributed by atoms with Crippen molar-refractivity contribution in [3.8, 4) is 0 Å². The summed E-state index contributed by atoms with van der Waals surface area (Å²) in [5.74, 6) is 1.45. The average Bonchev–Trinajstić information content (AvgIpc) is 2.57. The summed E-state index contributed by atoms with van der Waals surface area (Å²) in [6.45, 7) is 12.5. The summed E-state index contributed by atoms with van der Waals surface area (Å²) in [6.07, 6.45) is 6.85. The lowest BCUT2D eigenvalue weighted by Gasteiger charge is -2.34. The van der Waals surface area contributed by atoms with Gasteiger partial charge in [0.25, 0.3) is 0 Å². The molecule has 1 aromatic heterocycles. The van der Waals surface area contributed by atoms with Crippen molar-refractivity contribution in [3.63, 3.8) is 0 Å². The Kier molecular flexibility index (Phi) is 6.48. The lowest BCUT2D eigenvalue weighted by Crippen LogP contribution is -2.44. The molecule has 8 nitrogen and oxygen atoms in total. The Morgan fingerprint density at radius 3 is 2.82 bits per heavy atom. The minimum atomic E-state index is -2.46. The van der Waals surface area contributed by atoms with Crippen LogP contribution in [0, 0.1) is 0 Å². The Morgan fingerprint density at radius 1 is 1.39 bits per heavy atom. The summed E-state index contributed by atoms with van der Waals surface area (Å²) in [6, 6.07) is 1.94. The highest BCUT2D eigenvalue weighted by Crippen LogP contribution is 2.26. The molecule has 0 amide bonds. The maximum atomic E-state index is 13.0. The smallest absolute Gasteiger partial charge is 0.231 e. The van der Waals surface area contributed by atoms with Crippen LogP contribution < -0.4 is 10.2 Å². The molecule has 2 atom stereocenters. The van der Waals surface area contributed by atoms with Crippen molar-refractivity contribution < 1.29 is 13.7 Å². The molecule has 3 rings (SSSR count). The van der Waals surface area contributed by atoms with Crippen molar-refractivity contribution in [1.29, 1.82) is 0 Å². The number of aromatic nitrogens is 2. The van der Waals surface area contributed by atoms with E-state index in [1.165, 1.54) is 0 Å². The summed E-state index contributed by atoms with van der Waals surface area (Å²) < 4.78 is 28.1. The second kappa shape index (κ2) is 8.85. The number of nitrogens with zero attached hydrogens (tertiary/aromatic N) is 4. The number of rotatable bonds is 7. The number of morpholine rings is 1. The predicted octanol–water partition coefficient (Wildman–Crippen LogP) is 2.50. The van der Waals surface area contributed by atoms with Crippen molar-refractivity contribution in [2.45, 2.75) is 18.2 Å². The van der Waals surface area contributed by atoms with E-state index in [0.717, 1.165) is 0 Å². The Labute approximate surface area is 166 Å². The van der Waals surface area contributed by atoms with E-state index < -0.39 is 9.73 Å². The molecular weight excluding hydrogens is 378 g/mol. The topological polar surface area (TPSA) is 88.9 Å². The van der Waals surface area contributed by atoms with E-state index in [-0.39, 0.29) is 11.3 Å². The zero-order chi connectivity index (χ0) is 20.1. The Morgan fingerprint density at radius 2 is 2.18 bits per heavy atom. The summed E-state index contributed by atoms with van der Waals surface area (Å²) in [5.41, 5.74) is 0.614. The molecule has 2 fully saturated rings. The van der Waals surface area contributed by atoms with Crippen LogP contribution in [0.15, 0.2) is 47.5 Å². The van der Waals surface area contributed by atoms with E-state index in [2.05, 4.69) is 44.6 Å². The van der Waals surface area contributed by atoms with Gasteiger partial charge in [0.05, 0.1) is 47.4 Å². The monoisotopic (exact) mass is 405 g/mol. The molecule has 1 N–H and O–H groups in total. The first kappa shape index (κ1) is 20.5. The molecular formula is C19H27N5O3S. The molecule has 2 aliphatic rings. The summed E-state index contributed by atoms with van der Waals surface area (Å²) in [7, 11) is -2.46. The van der Waals surface area contributed by atoms with Gasteiger partial charge in [-0.15, -0.1) is 0 Å². The van der Waals surface area contributed by atoms with Gasteiger partial charge in [0.15, 0.2) is 5.82 Å². The van der Waals surface area contributed by atoms with Gasteiger partial charge >= 0.3 is 0 Å². The first-order chi connectivity index (χ1) is 13.4. The Hall–Kier alpha value is -2.23. The third-order valence-electron chi connectivity index (χ3n) is 4.57. The summed E-state index contributed by atoms with van der Waals surface area (Å²) in [4.78, 5) is 11.2. The van der Waals surface area contributed by atoms with Gasteiger partial charge in [-0.05, 0) is 13.0 Å². The number of ether oxygens (including phenoxy) is 2. The van der Waals surface area contributed by atoms with Crippen LogP contribution in [-0.2, 0) is 19.2 Å². The zero-order valence-electron chi connectivity index (χ0n) is 16.3. The van der Waals surface area contributed by atoms with Gasteiger partial charge in [0, 0.05) is 24.6 Å². The van der Waals surface area contributed by atoms with Gasteiger partial charge in [-0.1, -0.05) is 25.3 Å². The minimum Gasteiger partial charge on any atom is -0.379 e. The highest BCUT2D eigenvalue weighted by Gasteiger charge is 2.28. The second-order valence-corrected chi connectivity index (χ2v) is 9.45. The molecule has 3 heterocycles. The van der Waals surface area contributed by atoms with Crippen molar-refractivity contribution in [1.82, 2.24) is 9.97 Å². The van der Waals surface area contributed by atoms with Crippen LogP contribution in [0.2, 0.25) is 0 Å². The first-order valence-corrected chi connectivity index (χ1v) is 11.1. The fourth-order valence-electron chi connectivity index (χ4n) is 2.84. The van der Waals surface area contributed by atoms with E-state index in [1.807, 2.05) is 0 Å². The lowest BCUT2D eigenvalue weighted by molar-refractivity contribution is 0.0431. The van der Waals surface area contributed by atoms with Crippen LogP contribution in [0.3, 0.4) is 0 Å². The van der Waals surface area contributed by atoms with Gasteiger partial charge in [-0.3, -0.25) is 0 Å². The highest BCUT2D eigenvalue weighted by molar-refractivity contribution is 7.93. The molecule has 0 aromatic carbocycles. The number of hydrogen-bond donors (Lipinski definition) is 1. The van der Waals surface area contributed by atoms with Crippen molar-refractivity contribution in [2.24, 2.45) is 4.36 Å². The number of nitrogens with one attached hydrogen (secondary N) is 1. The average molecular weight is 406 g/mol. The Bertz CT molecular complexity index is 888. The summed E-state index contributed by atoms with van der Waals surface area (Å²) >= 11 is 0. The van der Waals surface area contributed by atoms with Crippen LogP contribution in [0.5, 0.6) is 0 Å². The number of allylic oxidation sites excluding steroid dienone is 3. The number of anilines is 2. The van der Waals surface area contributed by atoms with Gasteiger partial charge in [0.2, 0.25) is 5.95 Å². The van der Waals surface area contributed by atoms with E-state index in [9.17, 15) is 4.21 Å². The Balaban J connectivity index is 1.96. The van der Waals surface area contributed by atoms with E-state index >= 15 is 0 Å². The van der Waals surface area contributed by atoms with Gasteiger partial charge in [-0.25, -0.2) is 4.21 Å². The molecule has 2 saturated heterocycles. The van der Waals surface area contributed by atoms with Crippen LogP contribution in [0.4, 0.5) is 17.6 Å². The summed E-state index contributed by atoms with van der Waals surface area (Å²) in [5, 5.41) is 2.99. The second-order valence-electron chi connectivity index (χ2n) is 6.88. The van der Waals surface area contributed by atoms with Crippen LogP contribution in [-0.4, -0.2) is 64.7 Å². The van der Waals surface area contributed by atoms with Crippen LogP contribution in [0.1, 0.15) is 6.92 Å². The molecule has 9 heteroatoms. The normalized spacial score (nSPS) is 22.4. The molecule has 1 aromatic rings. The van der Waals surface area contributed by atoms with Gasteiger partial charge in [0.1, 0.15) is 5.82 Å². The number of hydrogen-bond acceptors (Lipinski definition) is 8. The largest absolute Gasteiger partial charge is 0.379 e. The molecule has 0 radical (unpaired) electrons. The maximum Gasteiger partial charge on any atom is 0.231 e. The third kappa shape index (κ3) is 4.98. The quantitative estimate of drug-likeness (QED) is 0.697. The molecule has 0 bridgehead atoms. The molecule has 0 spiro atoms. The van der Waals surface area contributed by atoms with Crippen molar-refractivity contribution in [3.05, 3.63) is 43.1 Å². The zero-order valence-corrected chi connectivity index (χ0v) is 17.2. The maximum absolute atomic E-state index is 13.0. The minimum absolute atomic E-state index is 0.0740. The highest BCUT2D eigenvalue weighted by atomic mass is 32.2. The molecule has 2 aliphatic heterocycles. The van der Waals surface area contributed by atoms with Gasteiger partial charge in [-0.2, -0.15) is 14.3 Å². The first-order valence-electron chi connectivity index (χ1n) is 9.16. The SMILES string of the molecule is C=C/C=C\C(=C)Nc1nc(N=S(C)(=O)C2COC2)cc(N2CCOC[C@H]2C)n1. The predicted molar refractivity (Wildman–Crippen MR) is 113 cm³/mol. The fourth-order valence-corrected chi connectivity index (χ4v) is 4.15. The molecule has 0 aliphatic carbocycles. The molecule has 1 unspecified atom stereocenters. The van der Waals surface area contributed by atoms with Crippen LogP contribution in [0.25, 0.3) is 0 Å². The van der Waals surface area contributed by atoms with Gasteiger partial charge < -0.3 is 19.7 Å². The third-order valence-corrected chi connectivity index (χ3v) is 6.63. The molecule has 152 valence electrons. The standard InChI is InChI=1S/C19H27N5O3S/c1-5-6-7-14(2)20-19-21-17(23-28(4,25)16-12-27-13-16)10-18(22-19)24-8-9-26-11-15(24)3/h5-7,10,15-16H,1-2,8-9,11-13H2,3-4H3,(H,20,21,22)/b7-6-/t15-,28?/m1/s1. The van der Waals surface area contributed by atoms with Crippen molar-refractivity contribution in [2.75, 3.05) is 49.4 Å². The molecule has 28 heavy (non-hydrogen) atoms. The fraction of sp³-hybridized carbons (Fsp3) is 0.474. The molecule has 0 saturated carbocycles. The lowest BCUT2D eigenvalue weighted by atomic mass is 10.2. The van der Waals surface area contributed by atoms with E-state index in [4.69, 9.17) is 9.47 Å². The van der Waals surface area contributed by atoms with Crippen LogP contribution >= 0.6 is 0 Å².